The number of nitrogens with zero attached hydrogens (tertiary/aromatic N) is 5. The van der Waals surface area contributed by atoms with Gasteiger partial charge in [0.05, 0.1) is 44.5 Å². The van der Waals surface area contributed by atoms with Crippen molar-refractivity contribution in [2.24, 2.45) is 0 Å². The molecule has 0 radical (unpaired) electrons. The Morgan fingerprint density at radius 2 is 0.892 bits per heavy atom. The second kappa shape index (κ2) is 14.9. The number of fused-ring (bicyclic) bond motifs is 8. The van der Waals surface area contributed by atoms with E-state index in [1.54, 1.807) is 0 Å². The van der Waals surface area contributed by atoms with Gasteiger partial charge in [-0.3, -0.25) is 4.57 Å². The Kier molecular flexibility index (Phi) is 8.42. The van der Waals surface area contributed by atoms with E-state index >= 15 is 0 Å². The molecular formula is C59H37N5O. The first-order valence-electron chi connectivity index (χ1n) is 21.9. The van der Waals surface area contributed by atoms with Crippen molar-refractivity contribution in [3.05, 3.63) is 224 Å². The van der Waals surface area contributed by atoms with Crippen LogP contribution in [0.5, 0.6) is 0 Å². The molecule has 0 aliphatic carbocycles. The molecule has 0 spiro atoms. The molecule has 6 nitrogen and oxygen atoms in total. The Bertz CT molecular complexity index is 3930. The monoisotopic (exact) mass is 831 g/mol. The molecule has 65 heavy (non-hydrogen) atoms. The summed E-state index contributed by atoms with van der Waals surface area (Å²) < 4.78 is 11.5. The molecular weight excluding hydrogens is 795 g/mol. The second-order valence-corrected chi connectivity index (χ2v) is 16.4. The number of benzene rings is 9. The molecule has 0 fully saturated rings. The van der Waals surface area contributed by atoms with Crippen molar-refractivity contribution >= 4 is 54.7 Å². The number of hydrogen-bond acceptors (Lipinski definition) is 4. The van der Waals surface area contributed by atoms with Gasteiger partial charge in [-0.25, -0.2) is 15.0 Å². The van der Waals surface area contributed by atoms with Gasteiger partial charge in [0.1, 0.15) is 5.52 Å². The predicted molar refractivity (Wildman–Crippen MR) is 265 cm³/mol. The highest BCUT2D eigenvalue weighted by molar-refractivity contribution is 6.21. The van der Waals surface area contributed by atoms with Gasteiger partial charge in [0.25, 0.3) is 0 Å². The van der Waals surface area contributed by atoms with Crippen molar-refractivity contribution in [1.29, 1.82) is 0 Å². The minimum absolute atomic E-state index is 0.549. The van der Waals surface area contributed by atoms with E-state index in [2.05, 4.69) is 191 Å². The van der Waals surface area contributed by atoms with Gasteiger partial charge >= 0.3 is 0 Å². The topological polar surface area (TPSA) is 61.7 Å². The Morgan fingerprint density at radius 1 is 0.338 bits per heavy atom. The van der Waals surface area contributed by atoms with Crippen LogP contribution in [0.1, 0.15) is 0 Å². The van der Waals surface area contributed by atoms with Crippen LogP contribution >= 0.6 is 0 Å². The van der Waals surface area contributed by atoms with Gasteiger partial charge in [-0.15, -0.1) is 0 Å². The van der Waals surface area contributed by atoms with Crippen molar-refractivity contribution in [1.82, 2.24) is 24.1 Å². The van der Waals surface area contributed by atoms with Crippen LogP contribution in [-0.4, -0.2) is 24.1 Å². The Morgan fingerprint density at radius 3 is 1.63 bits per heavy atom. The summed E-state index contributed by atoms with van der Waals surface area (Å²) in [4.78, 5) is 16.0. The number of rotatable bonds is 7. The van der Waals surface area contributed by atoms with Gasteiger partial charge in [-0.1, -0.05) is 164 Å². The summed E-state index contributed by atoms with van der Waals surface area (Å²) in [6.45, 7) is 0. The summed E-state index contributed by atoms with van der Waals surface area (Å²) in [5.74, 6) is 1.12. The van der Waals surface area contributed by atoms with Gasteiger partial charge < -0.3 is 8.98 Å². The molecule has 9 aromatic carbocycles. The fraction of sp³-hybridized carbons (Fsp3) is 0. The standard InChI is InChI=1S/C59H37N5O/c1-5-17-38(18-6-1)42-25-15-26-44(35-42)50-37-49(40-21-9-3-10-22-40)61-59(62-50)64-53-34-32-48-57(65-58(60-48)41-23-11-4-12-24-41)55(53)46-28-16-30-54(56(46)64)63-51-29-14-13-27-45(51)47-36-43(31-33-52(47)63)39-19-7-2-8-20-39/h1-37H. The van der Waals surface area contributed by atoms with E-state index in [0.717, 1.165) is 83.2 Å². The SMILES string of the molecule is c1ccc(-c2cccc(-c3cc(-c4ccccc4)nc(-n4c5ccc6nc(-c7ccccc7)oc6c5c5cccc(-n6c7ccccc7c7cc(-c8ccccc8)ccc76)c54)n3)c2)cc1. The number of aromatic nitrogens is 5. The van der Waals surface area contributed by atoms with Crippen molar-refractivity contribution in [3.63, 3.8) is 0 Å². The minimum atomic E-state index is 0.549. The van der Waals surface area contributed by atoms with Crippen molar-refractivity contribution < 1.29 is 4.42 Å². The molecule has 4 aromatic heterocycles. The molecule has 304 valence electrons. The lowest BCUT2D eigenvalue weighted by atomic mass is 10.0. The van der Waals surface area contributed by atoms with E-state index in [0.29, 0.717) is 17.4 Å². The minimum Gasteiger partial charge on any atom is -0.435 e. The summed E-state index contributed by atoms with van der Waals surface area (Å²) in [6, 6.07) is 78.5. The summed E-state index contributed by atoms with van der Waals surface area (Å²) in [5, 5.41) is 4.30. The number of para-hydroxylation sites is 2. The zero-order chi connectivity index (χ0) is 42.8. The predicted octanol–water partition coefficient (Wildman–Crippen LogP) is 15.1. The largest absolute Gasteiger partial charge is 0.435 e. The lowest BCUT2D eigenvalue weighted by Crippen LogP contribution is -2.06. The Balaban J connectivity index is 1.14. The average Bonchev–Trinajstić information content (AvgIpc) is 4.08. The summed E-state index contributed by atoms with van der Waals surface area (Å²) in [6.07, 6.45) is 0. The van der Waals surface area contributed by atoms with Crippen molar-refractivity contribution in [2.75, 3.05) is 0 Å². The summed E-state index contributed by atoms with van der Waals surface area (Å²) >= 11 is 0. The molecule has 0 N–H and O–H groups in total. The van der Waals surface area contributed by atoms with Crippen LogP contribution in [0.4, 0.5) is 0 Å². The Hall–Kier alpha value is -8.87. The average molecular weight is 832 g/mol. The van der Waals surface area contributed by atoms with Gasteiger partial charge in [0.15, 0.2) is 5.58 Å². The number of hydrogen-bond donors (Lipinski definition) is 0. The highest BCUT2D eigenvalue weighted by Gasteiger charge is 2.25. The first kappa shape index (κ1) is 36.8. The molecule has 0 aliphatic heterocycles. The molecule has 0 saturated carbocycles. The second-order valence-electron chi connectivity index (χ2n) is 16.4. The van der Waals surface area contributed by atoms with Crippen LogP contribution in [0.15, 0.2) is 229 Å². The molecule has 6 heteroatoms. The highest BCUT2D eigenvalue weighted by Crippen LogP contribution is 2.43. The third-order valence-corrected chi connectivity index (χ3v) is 12.6. The lowest BCUT2D eigenvalue weighted by Gasteiger charge is -2.15. The fourth-order valence-corrected chi connectivity index (χ4v) is 9.58. The third kappa shape index (κ3) is 6.07. The van der Waals surface area contributed by atoms with E-state index in [1.807, 2.05) is 42.5 Å². The van der Waals surface area contributed by atoms with Gasteiger partial charge in [-0.2, -0.15) is 0 Å². The van der Waals surface area contributed by atoms with Gasteiger partial charge in [0, 0.05) is 32.8 Å². The number of oxazole rings is 1. The zero-order valence-electron chi connectivity index (χ0n) is 35.0. The quantitative estimate of drug-likeness (QED) is 0.160. The summed E-state index contributed by atoms with van der Waals surface area (Å²) in [7, 11) is 0. The highest BCUT2D eigenvalue weighted by atomic mass is 16.3. The van der Waals surface area contributed by atoms with Crippen molar-refractivity contribution in [2.45, 2.75) is 0 Å². The molecule has 13 aromatic rings. The molecule has 13 rings (SSSR count). The van der Waals surface area contributed by atoms with E-state index in [4.69, 9.17) is 19.4 Å². The molecule has 0 bridgehead atoms. The zero-order valence-corrected chi connectivity index (χ0v) is 35.0. The normalized spacial score (nSPS) is 11.7. The van der Waals surface area contributed by atoms with Crippen LogP contribution in [0.3, 0.4) is 0 Å². The van der Waals surface area contributed by atoms with E-state index in [1.165, 1.54) is 21.9 Å². The molecule has 0 amide bonds. The van der Waals surface area contributed by atoms with Gasteiger partial charge in [-0.05, 0) is 82.9 Å². The molecule has 0 unspecified atom stereocenters. The van der Waals surface area contributed by atoms with Gasteiger partial charge in [0.2, 0.25) is 11.8 Å². The van der Waals surface area contributed by atoms with E-state index in [9.17, 15) is 0 Å². The van der Waals surface area contributed by atoms with Crippen LogP contribution in [0, 0.1) is 0 Å². The van der Waals surface area contributed by atoms with Crippen LogP contribution in [-0.2, 0) is 0 Å². The Labute approximate surface area is 374 Å². The maximum absolute atomic E-state index is 6.82. The third-order valence-electron chi connectivity index (χ3n) is 12.6. The first-order chi connectivity index (χ1) is 32.2. The molecule has 0 saturated heterocycles. The van der Waals surface area contributed by atoms with Crippen LogP contribution in [0.2, 0.25) is 0 Å². The smallest absolute Gasteiger partial charge is 0.235 e. The molecule has 0 atom stereocenters. The lowest BCUT2D eigenvalue weighted by molar-refractivity contribution is 0.623. The van der Waals surface area contributed by atoms with Crippen molar-refractivity contribution in [3.8, 4) is 67.9 Å². The van der Waals surface area contributed by atoms with E-state index < -0.39 is 0 Å². The maximum atomic E-state index is 6.82. The molecule has 0 aliphatic rings. The van der Waals surface area contributed by atoms with E-state index in [-0.39, 0.29) is 0 Å². The fourth-order valence-electron chi connectivity index (χ4n) is 9.58. The molecule has 4 heterocycles. The first-order valence-corrected chi connectivity index (χ1v) is 21.9. The summed E-state index contributed by atoms with van der Waals surface area (Å²) in [5.41, 5.74) is 15.7. The van der Waals surface area contributed by atoms with Crippen LogP contribution in [0.25, 0.3) is 123 Å². The van der Waals surface area contributed by atoms with Crippen LogP contribution < -0.4 is 0 Å². The maximum Gasteiger partial charge on any atom is 0.235 e.